The van der Waals surface area contributed by atoms with E-state index in [2.05, 4.69) is 40.3 Å². The second-order valence-corrected chi connectivity index (χ2v) is 34.8. The minimum absolute atomic E-state index is 0.0715. The average Bonchev–Trinajstić information content (AvgIpc) is 3.22. The monoisotopic (exact) mass is 1180 g/mol. The van der Waals surface area contributed by atoms with Crippen LogP contribution < -0.4 is 13.1 Å². The van der Waals surface area contributed by atoms with Crippen LogP contribution in [0.4, 0.5) is 18.4 Å². The minimum atomic E-state index is -2.13. The van der Waals surface area contributed by atoms with Crippen LogP contribution in [0.3, 0.4) is 0 Å². The smallest absolute Gasteiger partial charge is 0.410 e. The fourth-order valence-electron chi connectivity index (χ4n) is 6.31. The summed E-state index contributed by atoms with van der Waals surface area (Å²) in [4.78, 5) is 65.3. The summed E-state index contributed by atoms with van der Waals surface area (Å²) in [5.74, 6) is -0.435. The summed E-state index contributed by atoms with van der Waals surface area (Å²) in [5, 5.41) is 0. The molecule has 0 spiro atoms. The molecule has 0 saturated carbocycles. The molecule has 0 bridgehead atoms. The summed E-state index contributed by atoms with van der Waals surface area (Å²) in [6.45, 7) is 13.3. The van der Waals surface area contributed by atoms with Crippen molar-refractivity contribution in [3.63, 3.8) is 0 Å². The van der Waals surface area contributed by atoms with Gasteiger partial charge in [-0.3, -0.25) is 4.98 Å². The molecule has 2 atom stereocenters. The molecule has 2 aromatic heterocycles. The number of carbonyl (C=O) groups excluding carboxylic acids is 4. The van der Waals surface area contributed by atoms with Gasteiger partial charge in [0.05, 0.1) is 26.5 Å². The number of rotatable bonds is 12. The molecule has 0 radical (unpaired) electrons. The van der Waals surface area contributed by atoms with Crippen molar-refractivity contribution in [1.29, 1.82) is 0 Å². The number of benzene rings is 2. The van der Waals surface area contributed by atoms with E-state index in [1.165, 1.54) is 66.4 Å². The third-order valence-corrected chi connectivity index (χ3v) is 16.4. The number of carbonyl (C=O) groups is 4. The molecule has 2 aliphatic heterocycles. The predicted octanol–water partition coefficient (Wildman–Crippen LogP) is 10.1. The number of methoxy groups -OCH3 is 2. The number of amides is 2. The number of nitrogens with zero attached hydrogens (tertiary/aromatic N) is 4. The second-order valence-electron chi connectivity index (χ2n) is 19.1. The Morgan fingerprint density at radius 3 is 1.55 bits per heavy atom. The molecule has 0 aliphatic carbocycles. The molecule has 0 unspecified atom stereocenters. The van der Waals surface area contributed by atoms with Gasteiger partial charge >= 0.3 is 161 Å². The van der Waals surface area contributed by atoms with E-state index in [0.29, 0.717) is 47.8 Å². The van der Waals surface area contributed by atoms with Crippen molar-refractivity contribution in [3.05, 3.63) is 112 Å². The van der Waals surface area contributed by atoms with Gasteiger partial charge in [-0.1, -0.05) is 0 Å². The molecule has 2 fully saturated rings. The standard InChI is InChI=1S/C24H27FN2O5.C14H19N2O3.C10H8FIO2.3CH3.Sn/c1-24(2,3)32-23(29)27-8-7-20(27)15-31-21-12-18(13-26-14-21)17-9-16(10-19(25)11-17)5-6-22(28)30-4;1-14(2,3)19-13(17)16-8-6-11(16)10-18-12-5-4-7-15-9-12;1-14-10(13)3-2-7-4-8(11)6-9(12)5-7;;;;/h5-6,9-14,20H,7-8,15H2,1-4H3;5,7,9,11H,6,8,10H2,1-3H3;2-6H,1H3;3*1H3;/b6-5+;;3-2+;;;;/t20-;11-;;;;;/m00...../s1. The summed E-state index contributed by atoms with van der Waals surface area (Å²) >= 11 is -0.127. The second kappa shape index (κ2) is 25.5. The molecule has 4 aromatic rings. The molecule has 372 valence electrons. The van der Waals surface area contributed by atoms with E-state index >= 15 is 0 Å². The van der Waals surface area contributed by atoms with Gasteiger partial charge in [0.2, 0.25) is 0 Å². The van der Waals surface area contributed by atoms with Gasteiger partial charge in [0.1, 0.15) is 29.6 Å². The maximum Gasteiger partial charge on any atom is 0.410 e. The van der Waals surface area contributed by atoms with Crippen LogP contribution in [0.1, 0.15) is 65.5 Å². The Labute approximate surface area is 421 Å². The van der Waals surface area contributed by atoms with Crippen molar-refractivity contribution in [2.24, 2.45) is 0 Å². The predicted molar refractivity (Wildman–Crippen MR) is 272 cm³/mol. The third kappa shape index (κ3) is 19.5. The van der Waals surface area contributed by atoms with Crippen molar-refractivity contribution in [2.45, 2.75) is 92.5 Å². The number of hydrogen-bond acceptors (Lipinski definition) is 12. The van der Waals surface area contributed by atoms with E-state index < -0.39 is 47.3 Å². The van der Waals surface area contributed by atoms with Crippen molar-refractivity contribution in [2.75, 3.05) is 40.5 Å². The van der Waals surface area contributed by atoms with E-state index in [-0.39, 0.29) is 30.1 Å². The SMILES string of the molecule is CC(C)(C)OC(=O)N1CC[C@H]1COc1cnc[c]([Sn]([CH3])([CH3])[CH3])c1.COC(=O)/C=C/c1cc(F)cc(-c2cncc(OC[C@@H]3CCN3C(=O)OC(C)(C)C)c2)c1.COC(=O)/C=C/c1cc(F)cc(I)c1. The Hall–Kier alpha value is -5.31. The van der Waals surface area contributed by atoms with Gasteiger partial charge in [0.25, 0.3) is 0 Å². The fraction of sp³-hybridized carbons (Fsp3) is 0.412. The van der Waals surface area contributed by atoms with Crippen LogP contribution in [0.5, 0.6) is 11.5 Å². The minimum Gasteiger partial charge on any atom is -0.490 e. The first kappa shape index (κ1) is 56.3. The van der Waals surface area contributed by atoms with Gasteiger partial charge in [-0.15, -0.1) is 0 Å². The first-order valence-electron chi connectivity index (χ1n) is 22.3. The van der Waals surface area contributed by atoms with Gasteiger partial charge in [0.15, 0.2) is 0 Å². The molecule has 2 amide bonds. The molecule has 2 aromatic carbocycles. The van der Waals surface area contributed by atoms with E-state index in [4.69, 9.17) is 18.9 Å². The number of hydrogen-bond donors (Lipinski definition) is 0. The molecule has 14 nitrogen and oxygen atoms in total. The largest absolute Gasteiger partial charge is 0.490 e. The first-order chi connectivity index (χ1) is 32.3. The van der Waals surface area contributed by atoms with Crippen LogP contribution >= 0.6 is 22.6 Å². The maximum absolute atomic E-state index is 14.1. The van der Waals surface area contributed by atoms with Crippen LogP contribution in [0.2, 0.25) is 14.8 Å². The molecule has 6 rings (SSSR count). The number of ether oxygens (including phenoxy) is 6. The number of esters is 2. The van der Waals surface area contributed by atoms with Gasteiger partial charge in [0, 0.05) is 34.0 Å². The molecule has 69 heavy (non-hydrogen) atoms. The number of likely N-dealkylation sites (tertiary alicyclic amines) is 2. The van der Waals surface area contributed by atoms with E-state index in [9.17, 15) is 28.0 Å². The third-order valence-electron chi connectivity index (χ3n) is 10.1. The Morgan fingerprint density at radius 1 is 0.652 bits per heavy atom. The molecular weight excluding hydrogens is 1110 g/mol. The average molecular weight is 1180 g/mol. The van der Waals surface area contributed by atoms with Gasteiger partial charge in [-0.25, -0.2) is 23.2 Å². The maximum atomic E-state index is 14.1. The van der Waals surface area contributed by atoms with Crippen molar-refractivity contribution in [1.82, 2.24) is 19.8 Å². The molecule has 2 saturated heterocycles. The summed E-state index contributed by atoms with van der Waals surface area (Å²) in [7, 11) is 2.57. The quantitative estimate of drug-likeness (QED) is 0.0436. The van der Waals surface area contributed by atoms with Crippen LogP contribution in [0.25, 0.3) is 23.3 Å². The van der Waals surface area contributed by atoms with Crippen LogP contribution in [0.15, 0.2) is 85.5 Å². The van der Waals surface area contributed by atoms with E-state index in [1.807, 2.05) is 70.3 Å². The Morgan fingerprint density at radius 2 is 1.12 bits per heavy atom. The Bertz CT molecular complexity index is 2450. The Balaban J connectivity index is 0.000000244. The molecular formula is C51H63F2IN4O10Sn. The fourth-order valence-corrected chi connectivity index (χ4v) is 9.93. The molecule has 0 N–H and O–H groups in total. The van der Waals surface area contributed by atoms with Gasteiger partial charge in [-0.05, 0) is 121 Å². The zero-order valence-corrected chi connectivity index (χ0v) is 46.2. The van der Waals surface area contributed by atoms with Crippen molar-refractivity contribution in [3.8, 4) is 22.6 Å². The van der Waals surface area contributed by atoms with Crippen molar-refractivity contribution >= 4 is 80.8 Å². The van der Waals surface area contributed by atoms with Crippen LogP contribution in [-0.2, 0) is 28.5 Å². The molecule has 18 heteroatoms. The zero-order chi connectivity index (χ0) is 51.1. The summed E-state index contributed by atoms with van der Waals surface area (Å²) in [5.41, 5.74) is 1.39. The number of aromatic nitrogens is 2. The van der Waals surface area contributed by atoms with Gasteiger partial charge in [-0.2, -0.15) is 0 Å². The summed E-state index contributed by atoms with van der Waals surface area (Å²) < 4.78 is 60.7. The number of pyridine rings is 2. The summed E-state index contributed by atoms with van der Waals surface area (Å²) in [6, 6.07) is 12.8. The zero-order valence-electron chi connectivity index (χ0n) is 41.1. The van der Waals surface area contributed by atoms with Gasteiger partial charge < -0.3 is 23.8 Å². The van der Waals surface area contributed by atoms with E-state index in [0.717, 1.165) is 28.7 Å². The first-order valence-corrected chi connectivity index (χ1v) is 33.3. The summed E-state index contributed by atoms with van der Waals surface area (Å²) in [6.07, 6.45) is 13.5. The van der Waals surface area contributed by atoms with Crippen LogP contribution in [-0.4, -0.2) is 126 Å². The Kier molecular flexibility index (Phi) is 20.8. The normalized spacial score (nSPS) is 15.6. The van der Waals surface area contributed by atoms with E-state index in [1.54, 1.807) is 46.6 Å². The molecule has 2 aliphatic rings. The number of halogens is 3. The van der Waals surface area contributed by atoms with Crippen LogP contribution in [0, 0.1) is 15.2 Å². The molecule has 4 heterocycles. The van der Waals surface area contributed by atoms with Crippen molar-refractivity contribution < 1.29 is 56.4 Å². The topological polar surface area (TPSA) is 156 Å².